The fraction of sp³-hybridized carbons (Fsp3) is 0.750. The summed E-state index contributed by atoms with van der Waals surface area (Å²) in [4.78, 5) is 13.3. The zero-order valence-electron chi connectivity index (χ0n) is 10.8. The molecule has 0 radical (unpaired) electrons. The van der Waals surface area contributed by atoms with Crippen LogP contribution in [0, 0.1) is 0 Å². The predicted octanol–water partition coefficient (Wildman–Crippen LogP) is 1.76. The molecular weight excluding hydrogens is 204 g/mol. The van der Waals surface area contributed by atoms with Crippen molar-refractivity contribution in [1.82, 2.24) is 10.2 Å². The quantitative estimate of drug-likeness (QED) is 0.537. The summed E-state index contributed by atoms with van der Waals surface area (Å²) in [6, 6.07) is -0.117. The number of hydrogen-bond donors (Lipinski definition) is 2. The Balaban J connectivity index is 4.01. The molecule has 16 heavy (non-hydrogen) atoms. The second-order valence-corrected chi connectivity index (χ2v) is 4.42. The summed E-state index contributed by atoms with van der Waals surface area (Å²) in [5.74, 6) is 0. The largest absolute Gasteiger partial charge is 0.389 e. The first-order valence-electron chi connectivity index (χ1n) is 5.77. The van der Waals surface area contributed by atoms with Crippen LogP contribution in [0.4, 0.5) is 4.79 Å². The van der Waals surface area contributed by atoms with E-state index in [2.05, 4.69) is 5.32 Å². The van der Waals surface area contributed by atoms with Crippen molar-refractivity contribution >= 4 is 6.03 Å². The summed E-state index contributed by atoms with van der Waals surface area (Å²) in [6.07, 6.45) is 4.80. The molecule has 0 atom stereocenters. The Bertz CT molecular complexity index is 232. The van der Waals surface area contributed by atoms with Crippen LogP contribution in [0.5, 0.6) is 0 Å². The molecule has 0 aromatic heterocycles. The topological polar surface area (TPSA) is 52.6 Å². The standard InChI is InChI=1S/C12H24N2O2/c1-5-7-8-9-13-11(15)14(6-2)10-12(3,4)16/h5,7,16H,6,8-10H2,1-4H3,(H,13,15)/b7-5+. The number of hydrogen-bond acceptors (Lipinski definition) is 2. The summed E-state index contributed by atoms with van der Waals surface area (Å²) in [5.41, 5.74) is -0.851. The number of likely N-dealkylation sites (N-methyl/N-ethyl adjacent to an activating group) is 1. The van der Waals surface area contributed by atoms with Crippen molar-refractivity contribution in [1.29, 1.82) is 0 Å². The van der Waals surface area contributed by atoms with Gasteiger partial charge in [0.25, 0.3) is 0 Å². The Labute approximate surface area is 98.3 Å². The van der Waals surface area contributed by atoms with Crippen molar-refractivity contribution in [2.45, 2.75) is 39.7 Å². The average molecular weight is 228 g/mol. The lowest BCUT2D eigenvalue weighted by Gasteiger charge is -2.28. The number of rotatable bonds is 6. The highest BCUT2D eigenvalue weighted by Crippen LogP contribution is 2.04. The predicted molar refractivity (Wildman–Crippen MR) is 66.4 cm³/mol. The van der Waals surface area contributed by atoms with E-state index in [0.717, 1.165) is 6.42 Å². The van der Waals surface area contributed by atoms with Crippen LogP contribution in [0.3, 0.4) is 0 Å². The molecule has 2 N–H and O–H groups in total. The third kappa shape index (κ3) is 7.29. The van der Waals surface area contributed by atoms with Crippen molar-refractivity contribution in [2.75, 3.05) is 19.6 Å². The molecule has 0 aliphatic heterocycles. The van der Waals surface area contributed by atoms with Gasteiger partial charge in [-0.05, 0) is 34.1 Å². The molecule has 0 rings (SSSR count). The fourth-order valence-corrected chi connectivity index (χ4v) is 1.34. The maximum absolute atomic E-state index is 11.7. The third-order valence-corrected chi connectivity index (χ3v) is 2.07. The van der Waals surface area contributed by atoms with Crippen molar-refractivity contribution in [3.8, 4) is 0 Å². The van der Waals surface area contributed by atoms with Gasteiger partial charge in [-0.2, -0.15) is 0 Å². The lowest BCUT2D eigenvalue weighted by Crippen LogP contribution is -2.46. The number of nitrogens with one attached hydrogen (secondary N) is 1. The molecule has 4 heteroatoms. The maximum Gasteiger partial charge on any atom is 0.317 e. The monoisotopic (exact) mass is 228 g/mol. The second kappa shape index (κ2) is 7.28. The van der Waals surface area contributed by atoms with E-state index in [-0.39, 0.29) is 6.03 Å². The highest BCUT2D eigenvalue weighted by atomic mass is 16.3. The Kier molecular flexibility index (Phi) is 6.81. The summed E-state index contributed by atoms with van der Waals surface area (Å²) in [7, 11) is 0. The number of urea groups is 1. The van der Waals surface area contributed by atoms with Gasteiger partial charge < -0.3 is 15.3 Å². The van der Waals surface area contributed by atoms with Crippen LogP contribution in [0.25, 0.3) is 0 Å². The molecule has 0 aliphatic carbocycles. The van der Waals surface area contributed by atoms with E-state index in [1.165, 1.54) is 0 Å². The number of nitrogens with zero attached hydrogens (tertiary/aromatic N) is 1. The Hall–Kier alpha value is -1.03. The van der Waals surface area contributed by atoms with Gasteiger partial charge in [-0.3, -0.25) is 0 Å². The molecular formula is C12H24N2O2. The lowest BCUT2D eigenvalue weighted by molar-refractivity contribution is 0.0481. The van der Waals surface area contributed by atoms with Crippen LogP contribution in [0.2, 0.25) is 0 Å². The van der Waals surface area contributed by atoms with E-state index in [1.807, 2.05) is 26.0 Å². The van der Waals surface area contributed by atoms with E-state index in [0.29, 0.717) is 19.6 Å². The van der Waals surface area contributed by atoms with Gasteiger partial charge in [0, 0.05) is 13.1 Å². The Morgan fingerprint density at radius 2 is 2.12 bits per heavy atom. The molecule has 2 amide bonds. The smallest absolute Gasteiger partial charge is 0.317 e. The highest BCUT2D eigenvalue weighted by Gasteiger charge is 2.20. The first-order valence-corrected chi connectivity index (χ1v) is 5.77. The molecule has 4 nitrogen and oxygen atoms in total. The van der Waals surface area contributed by atoms with Crippen LogP contribution in [0.15, 0.2) is 12.2 Å². The second-order valence-electron chi connectivity index (χ2n) is 4.42. The minimum Gasteiger partial charge on any atom is -0.389 e. The minimum absolute atomic E-state index is 0.117. The van der Waals surface area contributed by atoms with Gasteiger partial charge in [-0.1, -0.05) is 12.2 Å². The summed E-state index contributed by atoms with van der Waals surface area (Å²) < 4.78 is 0. The van der Waals surface area contributed by atoms with Crippen molar-refractivity contribution in [3.05, 3.63) is 12.2 Å². The third-order valence-electron chi connectivity index (χ3n) is 2.07. The van der Waals surface area contributed by atoms with Crippen LogP contribution < -0.4 is 5.32 Å². The SMILES string of the molecule is C/C=C/CCNC(=O)N(CC)CC(C)(C)O. The summed E-state index contributed by atoms with van der Waals surface area (Å²) in [6.45, 7) is 8.82. The van der Waals surface area contributed by atoms with Crippen LogP contribution in [-0.4, -0.2) is 41.3 Å². The fourth-order valence-electron chi connectivity index (χ4n) is 1.34. The normalized spacial score (nSPS) is 11.8. The molecule has 0 saturated carbocycles. The number of aliphatic hydroxyl groups is 1. The number of carbonyl (C=O) groups excluding carboxylic acids is 1. The van der Waals surface area contributed by atoms with Crippen LogP contribution in [0.1, 0.15) is 34.1 Å². The Morgan fingerprint density at radius 3 is 2.56 bits per heavy atom. The maximum atomic E-state index is 11.7. The first kappa shape index (κ1) is 15.0. The van der Waals surface area contributed by atoms with E-state index < -0.39 is 5.60 Å². The number of carbonyl (C=O) groups is 1. The molecule has 0 fully saturated rings. The number of allylic oxidation sites excluding steroid dienone is 1. The Morgan fingerprint density at radius 1 is 1.50 bits per heavy atom. The van der Waals surface area contributed by atoms with Crippen molar-refractivity contribution < 1.29 is 9.90 Å². The van der Waals surface area contributed by atoms with Crippen LogP contribution in [-0.2, 0) is 0 Å². The number of amides is 2. The molecule has 0 spiro atoms. The molecule has 0 aromatic carbocycles. The molecule has 0 saturated heterocycles. The molecule has 0 unspecified atom stereocenters. The molecule has 94 valence electrons. The van der Waals surface area contributed by atoms with Gasteiger partial charge >= 0.3 is 6.03 Å². The zero-order valence-corrected chi connectivity index (χ0v) is 10.8. The van der Waals surface area contributed by atoms with Crippen molar-refractivity contribution in [3.63, 3.8) is 0 Å². The van der Waals surface area contributed by atoms with Gasteiger partial charge in [-0.15, -0.1) is 0 Å². The van der Waals surface area contributed by atoms with Gasteiger partial charge in [0.1, 0.15) is 0 Å². The van der Waals surface area contributed by atoms with Gasteiger partial charge in [-0.25, -0.2) is 4.79 Å². The van der Waals surface area contributed by atoms with Crippen molar-refractivity contribution in [2.24, 2.45) is 0 Å². The average Bonchev–Trinajstić information content (AvgIpc) is 2.19. The zero-order chi connectivity index (χ0) is 12.6. The summed E-state index contributed by atoms with van der Waals surface area (Å²) in [5, 5.41) is 12.5. The minimum atomic E-state index is -0.851. The lowest BCUT2D eigenvalue weighted by atomic mass is 10.1. The first-order chi connectivity index (χ1) is 7.40. The molecule has 0 aromatic rings. The van der Waals surface area contributed by atoms with E-state index in [9.17, 15) is 9.90 Å². The molecule has 0 aliphatic rings. The van der Waals surface area contributed by atoms with E-state index >= 15 is 0 Å². The van der Waals surface area contributed by atoms with E-state index in [1.54, 1.807) is 18.7 Å². The molecule has 0 bridgehead atoms. The van der Waals surface area contributed by atoms with Crippen LogP contribution >= 0.6 is 0 Å². The van der Waals surface area contributed by atoms with Gasteiger partial charge in [0.05, 0.1) is 12.1 Å². The van der Waals surface area contributed by atoms with Gasteiger partial charge in [0.15, 0.2) is 0 Å². The highest BCUT2D eigenvalue weighted by molar-refractivity contribution is 5.74. The van der Waals surface area contributed by atoms with E-state index in [4.69, 9.17) is 0 Å². The molecule has 0 heterocycles. The summed E-state index contributed by atoms with van der Waals surface area (Å²) >= 11 is 0. The van der Waals surface area contributed by atoms with Gasteiger partial charge in [0.2, 0.25) is 0 Å².